The summed E-state index contributed by atoms with van der Waals surface area (Å²) in [5, 5.41) is 0. The van der Waals surface area contributed by atoms with Gasteiger partial charge in [0.25, 0.3) is 0 Å². The molecule has 1 aliphatic carbocycles. The van der Waals surface area contributed by atoms with Gasteiger partial charge in [-0.3, -0.25) is 4.79 Å². The van der Waals surface area contributed by atoms with Crippen LogP contribution in [0, 0.1) is 0 Å². The number of aromatic nitrogens is 4. The van der Waals surface area contributed by atoms with Crippen LogP contribution in [0.5, 0.6) is 0 Å². The molecule has 1 aliphatic rings. The van der Waals surface area contributed by atoms with Crippen molar-refractivity contribution in [3.8, 4) is 11.6 Å². The van der Waals surface area contributed by atoms with E-state index in [1.165, 1.54) is 0 Å². The van der Waals surface area contributed by atoms with E-state index < -0.39 is 0 Å². The fraction of sp³-hybridized carbons (Fsp3) is 0.333. The van der Waals surface area contributed by atoms with Gasteiger partial charge in [0.1, 0.15) is 0 Å². The summed E-state index contributed by atoms with van der Waals surface area (Å²) in [6.45, 7) is 0. The minimum absolute atomic E-state index is 0.151. The van der Waals surface area contributed by atoms with Crippen LogP contribution in [0.15, 0.2) is 18.6 Å². The molecule has 5 heteroatoms. The van der Waals surface area contributed by atoms with E-state index >= 15 is 0 Å². The van der Waals surface area contributed by atoms with Crippen LogP contribution in [-0.4, -0.2) is 25.3 Å². The van der Waals surface area contributed by atoms with E-state index in [1.54, 1.807) is 12.4 Å². The van der Waals surface area contributed by atoms with Crippen LogP contribution in [0.25, 0.3) is 11.6 Å². The Hall–Kier alpha value is -2.04. The third-order valence-electron chi connectivity index (χ3n) is 3.01. The number of imidazole rings is 1. The molecule has 0 bridgehead atoms. The van der Waals surface area contributed by atoms with E-state index in [9.17, 15) is 4.79 Å². The molecule has 0 fully saturated rings. The molecule has 0 aliphatic heterocycles. The number of Topliss-reactive ketones (excluding diaryl/α,β-unsaturated/α-hetero) is 1. The topological polar surface area (TPSA) is 60.7 Å². The molecule has 5 nitrogen and oxygen atoms in total. The lowest BCUT2D eigenvalue weighted by Gasteiger charge is -2.13. The number of nitrogens with zero attached hydrogens (tertiary/aromatic N) is 4. The Balaban J connectivity index is 2.10. The molecule has 2 aromatic heterocycles. The number of fused-ring (bicyclic) bond motifs is 1. The summed E-state index contributed by atoms with van der Waals surface area (Å²) < 4.78 is 1.87. The van der Waals surface area contributed by atoms with Gasteiger partial charge < -0.3 is 4.57 Å². The lowest BCUT2D eigenvalue weighted by Crippen LogP contribution is -2.14. The van der Waals surface area contributed by atoms with Crippen molar-refractivity contribution in [3.63, 3.8) is 0 Å². The highest BCUT2D eigenvalue weighted by Gasteiger charge is 2.20. The van der Waals surface area contributed by atoms with Crippen LogP contribution in [0.4, 0.5) is 0 Å². The monoisotopic (exact) mass is 228 g/mol. The van der Waals surface area contributed by atoms with Gasteiger partial charge in [-0.1, -0.05) is 0 Å². The molecule has 3 rings (SSSR count). The van der Waals surface area contributed by atoms with E-state index in [0.717, 1.165) is 24.4 Å². The summed E-state index contributed by atoms with van der Waals surface area (Å²) in [7, 11) is 1.90. The second kappa shape index (κ2) is 3.76. The molecule has 0 atom stereocenters. The van der Waals surface area contributed by atoms with Crippen molar-refractivity contribution in [2.45, 2.75) is 19.3 Å². The van der Waals surface area contributed by atoms with E-state index in [-0.39, 0.29) is 5.78 Å². The maximum absolute atomic E-state index is 11.6. The van der Waals surface area contributed by atoms with Crippen LogP contribution in [0.1, 0.15) is 28.9 Å². The highest BCUT2D eigenvalue weighted by Crippen LogP contribution is 2.21. The number of rotatable bonds is 1. The van der Waals surface area contributed by atoms with Gasteiger partial charge in [0, 0.05) is 32.1 Å². The molecular formula is C12H12N4O. The second-order valence-corrected chi connectivity index (χ2v) is 4.19. The predicted octanol–water partition coefficient (Wildman–Crippen LogP) is 1.40. The van der Waals surface area contributed by atoms with Gasteiger partial charge >= 0.3 is 0 Å². The highest BCUT2D eigenvalue weighted by molar-refractivity contribution is 5.97. The number of hydrogen-bond acceptors (Lipinski definition) is 4. The Morgan fingerprint density at radius 3 is 2.94 bits per heavy atom. The number of carbonyl (C=O) groups excluding carboxylic acids is 1. The van der Waals surface area contributed by atoms with Gasteiger partial charge in [-0.15, -0.1) is 0 Å². The maximum Gasteiger partial charge on any atom is 0.196 e. The average molecular weight is 228 g/mol. The SMILES string of the molecule is Cn1ccnc1-c1ncc2c(n1)CCCC2=O. The highest BCUT2D eigenvalue weighted by atomic mass is 16.1. The third-order valence-corrected chi connectivity index (χ3v) is 3.01. The lowest BCUT2D eigenvalue weighted by atomic mass is 9.96. The van der Waals surface area contributed by atoms with Gasteiger partial charge in [-0.2, -0.15) is 0 Å². The lowest BCUT2D eigenvalue weighted by molar-refractivity contribution is 0.0971. The van der Waals surface area contributed by atoms with Crippen molar-refractivity contribution in [1.82, 2.24) is 19.5 Å². The van der Waals surface area contributed by atoms with Gasteiger partial charge in [-0.25, -0.2) is 15.0 Å². The molecule has 2 heterocycles. The first-order valence-corrected chi connectivity index (χ1v) is 5.62. The Morgan fingerprint density at radius 1 is 1.29 bits per heavy atom. The first kappa shape index (κ1) is 10.1. The fourth-order valence-corrected chi connectivity index (χ4v) is 2.08. The zero-order valence-electron chi connectivity index (χ0n) is 9.55. The van der Waals surface area contributed by atoms with E-state index in [2.05, 4.69) is 15.0 Å². The molecule has 0 saturated carbocycles. The largest absolute Gasteiger partial charge is 0.331 e. The summed E-state index contributed by atoms with van der Waals surface area (Å²) in [6.07, 6.45) is 7.53. The Kier molecular flexibility index (Phi) is 2.24. The maximum atomic E-state index is 11.6. The molecular weight excluding hydrogens is 216 g/mol. The molecule has 0 N–H and O–H groups in total. The first-order valence-electron chi connectivity index (χ1n) is 5.62. The van der Waals surface area contributed by atoms with Crippen LogP contribution < -0.4 is 0 Å². The van der Waals surface area contributed by atoms with E-state index in [1.807, 2.05) is 17.8 Å². The second-order valence-electron chi connectivity index (χ2n) is 4.19. The molecule has 0 unspecified atom stereocenters. The zero-order valence-corrected chi connectivity index (χ0v) is 9.55. The van der Waals surface area contributed by atoms with E-state index in [4.69, 9.17) is 0 Å². The van der Waals surface area contributed by atoms with Gasteiger partial charge in [0.15, 0.2) is 17.4 Å². The van der Waals surface area contributed by atoms with Gasteiger partial charge in [0.05, 0.1) is 11.3 Å². The molecule has 0 radical (unpaired) electrons. The average Bonchev–Trinajstić information content (AvgIpc) is 2.75. The molecule has 0 saturated heterocycles. The normalized spacial score (nSPS) is 14.8. The summed E-state index contributed by atoms with van der Waals surface area (Å²) >= 11 is 0. The smallest absolute Gasteiger partial charge is 0.196 e. The summed E-state index contributed by atoms with van der Waals surface area (Å²) in [5.41, 5.74) is 1.53. The van der Waals surface area contributed by atoms with Gasteiger partial charge in [0.2, 0.25) is 0 Å². The summed E-state index contributed by atoms with van der Waals surface area (Å²) in [5.74, 6) is 1.47. The van der Waals surface area contributed by atoms with Crippen LogP contribution >= 0.6 is 0 Å². The number of ketones is 1. The number of hydrogen-bond donors (Lipinski definition) is 0. The summed E-state index contributed by atoms with van der Waals surface area (Å²) in [4.78, 5) is 24.5. The number of aryl methyl sites for hydroxylation is 2. The van der Waals surface area contributed by atoms with Crippen molar-refractivity contribution < 1.29 is 4.79 Å². The minimum Gasteiger partial charge on any atom is -0.331 e. The molecule has 2 aromatic rings. The van der Waals surface area contributed by atoms with Crippen molar-refractivity contribution in [3.05, 3.63) is 29.8 Å². The molecule has 0 spiro atoms. The number of carbonyl (C=O) groups is 1. The molecule has 0 aromatic carbocycles. The quantitative estimate of drug-likeness (QED) is 0.740. The van der Waals surface area contributed by atoms with Crippen molar-refractivity contribution in [2.75, 3.05) is 0 Å². The van der Waals surface area contributed by atoms with Crippen molar-refractivity contribution >= 4 is 5.78 Å². The Bertz CT molecular complexity index is 588. The minimum atomic E-state index is 0.151. The molecule has 0 amide bonds. The third kappa shape index (κ3) is 1.63. The van der Waals surface area contributed by atoms with Crippen molar-refractivity contribution in [2.24, 2.45) is 7.05 Å². The van der Waals surface area contributed by atoms with E-state index in [0.29, 0.717) is 17.8 Å². The van der Waals surface area contributed by atoms with Gasteiger partial charge in [-0.05, 0) is 12.8 Å². The van der Waals surface area contributed by atoms with Crippen LogP contribution in [-0.2, 0) is 13.5 Å². The first-order chi connectivity index (χ1) is 8.25. The Morgan fingerprint density at radius 2 is 2.18 bits per heavy atom. The Labute approximate surface area is 98.5 Å². The predicted molar refractivity (Wildman–Crippen MR) is 61.5 cm³/mol. The van der Waals surface area contributed by atoms with Crippen LogP contribution in [0.2, 0.25) is 0 Å². The molecule has 17 heavy (non-hydrogen) atoms. The van der Waals surface area contributed by atoms with Crippen LogP contribution in [0.3, 0.4) is 0 Å². The summed E-state index contributed by atoms with van der Waals surface area (Å²) in [6, 6.07) is 0. The standard InChI is InChI=1S/C12H12N4O/c1-16-6-5-13-12(16)11-14-7-8-9(15-11)3-2-4-10(8)17/h5-7H,2-4H2,1H3. The molecule has 86 valence electrons. The van der Waals surface area contributed by atoms with Crippen molar-refractivity contribution in [1.29, 1.82) is 0 Å². The zero-order chi connectivity index (χ0) is 11.8. The fourth-order valence-electron chi connectivity index (χ4n) is 2.08.